The molecular weight excluding hydrogens is 355 g/mol. The van der Waals surface area contributed by atoms with E-state index in [0.717, 1.165) is 37.8 Å². The van der Waals surface area contributed by atoms with Gasteiger partial charge >= 0.3 is 0 Å². The van der Waals surface area contributed by atoms with Crippen LogP contribution in [0.4, 0.5) is 0 Å². The quantitative estimate of drug-likeness (QED) is 0.430. The summed E-state index contributed by atoms with van der Waals surface area (Å²) in [4.78, 5) is 17.4. The zero-order valence-electron chi connectivity index (χ0n) is 12.0. The fraction of sp³-hybridized carbons (Fsp3) is 0.846. The van der Waals surface area contributed by atoms with Crippen molar-refractivity contribution in [3.63, 3.8) is 0 Å². The second kappa shape index (κ2) is 7.31. The van der Waals surface area contributed by atoms with Gasteiger partial charge in [0, 0.05) is 39.1 Å². The smallest absolute Gasteiger partial charge is 0.219 e. The molecule has 0 aromatic carbocycles. The van der Waals surface area contributed by atoms with Crippen LogP contribution in [0, 0.1) is 5.92 Å². The summed E-state index contributed by atoms with van der Waals surface area (Å²) in [6.07, 6.45) is 3.24. The van der Waals surface area contributed by atoms with E-state index in [4.69, 9.17) is 0 Å². The molecule has 19 heavy (non-hydrogen) atoms. The lowest BCUT2D eigenvalue weighted by atomic mass is 10.1. The Bertz CT molecular complexity index is 340. The Morgan fingerprint density at radius 3 is 2.26 bits per heavy atom. The molecule has 1 amide bonds. The molecule has 2 rings (SSSR count). The number of carbonyl (C=O) groups excluding carboxylic acids is 1. The summed E-state index contributed by atoms with van der Waals surface area (Å²) < 4.78 is 0. The third-order valence-corrected chi connectivity index (χ3v) is 3.94. The number of nitrogens with zero attached hydrogens (tertiary/aromatic N) is 2. The number of rotatable bonds is 2. The van der Waals surface area contributed by atoms with Crippen molar-refractivity contribution >= 4 is 35.8 Å². The molecule has 1 saturated carbocycles. The van der Waals surface area contributed by atoms with E-state index < -0.39 is 0 Å². The van der Waals surface area contributed by atoms with E-state index in [1.165, 1.54) is 6.42 Å². The number of nitrogens with one attached hydrogen (secondary N) is 2. The molecule has 2 unspecified atom stereocenters. The van der Waals surface area contributed by atoms with E-state index >= 15 is 0 Å². The monoisotopic (exact) mass is 380 g/mol. The molecule has 2 aliphatic rings. The molecule has 1 aliphatic heterocycles. The van der Waals surface area contributed by atoms with Crippen LogP contribution in [0.15, 0.2) is 4.99 Å². The number of amides is 1. The minimum Gasteiger partial charge on any atom is -0.354 e. The zero-order valence-corrected chi connectivity index (χ0v) is 14.3. The van der Waals surface area contributed by atoms with Crippen molar-refractivity contribution in [3.05, 3.63) is 0 Å². The maximum Gasteiger partial charge on any atom is 0.219 e. The normalized spacial score (nSPS) is 27.5. The molecule has 0 spiro atoms. The zero-order chi connectivity index (χ0) is 13.1. The fourth-order valence-electron chi connectivity index (χ4n) is 2.40. The first-order valence-electron chi connectivity index (χ1n) is 6.85. The molecule has 1 saturated heterocycles. The average Bonchev–Trinajstić information content (AvgIpc) is 3.04. The summed E-state index contributed by atoms with van der Waals surface area (Å²) in [5.41, 5.74) is 0. The summed E-state index contributed by atoms with van der Waals surface area (Å²) in [5, 5.41) is 6.89. The number of likely N-dealkylation sites (tertiary alicyclic amines) is 1. The lowest BCUT2D eigenvalue weighted by molar-refractivity contribution is -0.129. The molecule has 1 aliphatic carbocycles. The van der Waals surface area contributed by atoms with Gasteiger partial charge in [0.25, 0.3) is 0 Å². The van der Waals surface area contributed by atoms with Gasteiger partial charge in [-0.25, -0.2) is 0 Å². The molecule has 0 aromatic rings. The number of halogens is 1. The number of piperidine rings is 1. The molecule has 0 bridgehead atoms. The largest absolute Gasteiger partial charge is 0.354 e. The Hall–Kier alpha value is -0.530. The molecule has 1 heterocycles. The van der Waals surface area contributed by atoms with Crippen molar-refractivity contribution in [2.24, 2.45) is 10.9 Å². The van der Waals surface area contributed by atoms with Gasteiger partial charge in [-0.05, 0) is 25.2 Å². The maximum atomic E-state index is 11.2. The maximum absolute atomic E-state index is 11.2. The number of aliphatic imine (C=N–C) groups is 1. The van der Waals surface area contributed by atoms with Crippen molar-refractivity contribution in [2.45, 2.75) is 45.2 Å². The van der Waals surface area contributed by atoms with E-state index in [0.29, 0.717) is 12.1 Å². The third kappa shape index (κ3) is 4.81. The Morgan fingerprint density at radius 2 is 1.84 bits per heavy atom. The van der Waals surface area contributed by atoms with E-state index in [9.17, 15) is 4.79 Å². The summed E-state index contributed by atoms with van der Waals surface area (Å²) in [5.74, 6) is 1.86. The topological polar surface area (TPSA) is 56.7 Å². The van der Waals surface area contributed by atoms with Gasteiger partial charge in [0.05, 0.1) is 0 Å². The van der Waals surface area contributed by atoms with E-state index in [-0.39, 0.29) is 29.9 Å². The first-order chi connectivity index (χ1) is 8.60. The number of carbonyl (C=O) groups is 1. The van der Waals surface area contributed by atoms with Gasteiger partial charge in [0.15, 0.2) is 5.96 Å². The van der Waals surface area contributed by atoms with Gasteiger partial charge in [-0.2, -0.15) is 0 Å². The molecule has 110 valence electrons. The van der Waals surface area contributed by atoms with Crippen LogP contribution >= 0.6 is 24.0 Å². The highest BCUT2D eigenvalue weighted by Crippen LogP contribution is 2.28. The highest BCUT2D eigenvalue weighted by Gasteiger charge is 2.33. The van der Waals surface area contributed by atoms with Crippen LogP contribution < -0.4 is 10.6 Å². The van der Waals surface area contributed by atoms with Crippen molar-refractivity contribution in [1.82, 2.24) is 15.5 Å². The molecule has 5 nitrogen and oxygen atoms in total. The predicted octanol–water partition coefficient (Wildman–Crippen LogP) is 1.19. The number of guanidine groups is 1. The van der Waals surface area contributed by atoms with Crippen LogP contribution in [0.25, 0.3) is 0 Å². The second-order valence-corrected chi connectivity index (χ2v) is 5.46. The Labute approximate surface area is 132 Å². The van der Waals surface area contributed by atoms with Crippen molar-refractivity contribution in [2.75, 3.05) is 20.1 Å². The van der Waals surface area contributed by atoms with E-state index in [1.807, 2.05) is 11.9 Å². The molecule has 2 fully saturated rings. The molecule has 6 heteroatoms. The number of hydrogen-bond donors (Lipinski definition) is 2. The Morgan fingerprint density at radius 1 is 1.26 bits per heavy atom. The summed E-state index contributed by atoms with van der Waals surface area (Å²) in [6, 6.07) is 1.02. The van der Waals surface area contributed by atoms with Crippen molar-refractivity contribution in [1.29, 1.82) is 0 Å². The van der Waals surface area contributed by atoms with Crippen LogP contribution in [-0.4, -0.2) is 49.0 Å². The van der Waals surface area contributed by atoms with Gasteiger partial charge in [0.2, 0.25) is 5.91 Å². The standard InChI is InChI=1S/C13H24N4O.HI/c1-9-8-12(9)16-13(14-3)15-11-4-6-17(7-5-11)10(2)18;/h9,11-12H,4-8H2,1-3H3,(H2,14,15,16);1H. The minimum absolute atomic E-state index is 0. The SMILES string of the molecule is CN=C(NC1CCN(C(C)=O)CC1)NC1CC1C.I. The van der Waals surface area contributed by atoms with Gasteiger partial charge < -0.3 is 15.5 Å². The number of hydrogen-bond acceptors (Lipinski definition) is 2. The third-order valence-electron chi connectivity index (χ3n) is 3.94. The lowest BCUT2D eigenvalue weighted by Gasteiger charge is -2.32. The molecule has 0 aromatic heterocycles. The van der Waals surface area contributed by atoms with Gasteiger partial charge in [0.1, 0.15) is 0 Å². The van der Waals surface area contributed by atoms with Crippen molar-refractivity contribution < 1.29 is 4.79 Å². The minimum atomic E-state index is 0. The first kappa shape index (κ1) is 16.5. The Kier molecular flexibility index (Phi) is 6.35. The highest BCUT2D eigenvalue weighted by atomic mass is 127. The predicted molar refractivity (Wildman–Crippen MR) is 87.9 cm³/mol. The Balaban J connectivity index is 0.00000180. The summed E-state index contributed by atoms with van der Waals surface area (Å²) in [7, 11) is 1.81. The summed E-state index contributed by atoms with van der Waals surface area (Å²) >= 11 is 0. The van der Waals surface area contributed by atoms with Crippen LogP contribution in [0.1, 0.15) is 33.1 Å². The fourth-order valence-corrected chi connectivity index (χ4v) is 2.40. The van der Waals surface area contributed by atoms with Crippen LogP contribution in [-0.2, 0) is 4.79 Å². The molecule has 2 atom stereocenters. The lowest BCUT2D eigenvalue weighted by Crippen LogP contribution is -2.50. The van der Waals surface area contributed by atoms with Gasteiger partial charge in [-0.15, -0.1) is 24.0 Å². The van der Waals surface area contributed by atoms with E-state index in [2.05, 4.69) is 22.5 Å². The first-order valence-corrected chi connectivity index (χ1v) is 6.85. The molecule has 0 radical (unpaired) electrons. The van der Waals surface area contributed by atoms with E-state index in [1.54, 1.807) is 6.92 Å². The molecule has 2 N–H and O–H groups in total. The second-order valence-electron chi connectivity index (χ2n) is 5.46. The van der Waals surface area contributed by atoms with Gasteiger partial charge in [-0.3, -0.25) is 9.79 Å². The highest BCUT2D eigenvalue weighted by molar-refractivity contribution is 14.0. The van der Waals surface area contributed by atoms with Crippen LogP contribution in [0.5, 0.6) is 0 Å². The summed E-state index contributed by atoms with van der Waals surface area (Å²) in [6.45, 7) is 5.59. The van der Waals surface area contributed by atoms with Crippen LogP contribution in [0.3, 0.4) is 0 Å². The van der Waals surface area contributed by atoms with Gasteiger partial charge in [-0.1, -0.05) is 6.92 Å². The van der Waals surface area contributed by atoms with Crippen LogP contribution in [0.2, 0.25) is 0 Å². The molecular formula is C13H25IN4O. The van der Waals surface area contributed by atoms with Crippen molar-refractivity contribution in [3.8, 4) is 0 Å². The average molecular weight is 380 g/mol.